The highest BCUT2D eigenvalue weighted by atomic mass is 32.1. The quantitative estimate of drug-likeness (QED) is 0.567. The summed E-state index contributed by atoms with van der Waals surface area (Å²) in [7, 11) is 0. The molecule has 1 aromatic heterocycles. The molecule has 1 saturated carbocycles. The molecule has 1 aliphatic carbocycles. The van der Waals surface area contributed by atoms with Crippen LogP contribution in [0.5, 0.6) is 0 Å². The smallest absolute Gasteiger partial charge is 0.260 e. The number of amides is 2. The maximum atomic E-state index is 13.7. The second-order valence-electron chi connectivity index (χ2n) is 8.89. The molecular formula is C25H27N5O2S. The van der Waals surface area contributed by atoms with E-state index in [4.69, 9.17) is 5.73 Å². The molecule has 0 atom stereocenters. The molecule has 3 aromatic rings. The first kappa shape index (κ1) is 21.6. The molecule has 1 aliphatic heterocycles. The minimum atomic E-state index is -0.455. The number of carbonyl (C=O) groups excluding carboxylic acids is 2. The summed E-state index contributed by atoms with van der Waals surface area (Å²) in [6.07, 6.45) is 4.64. The van der Waals surface area contributed by atoms with Crippen LogP contribution < -0.4 is 15.5 Å². The average Bonchev–Trinajstić information content (AvgIpc) is 3.25. The minimum Gasteiger partial charge on any atom is -0.366 e. The van der Waals surface area contributed by atoms with Crippen LogP contribution in [0.4, 0.5) is 10.3 Å². The van der Waals surface area contributed by atoms with Gasteiger partial charge in [0, 0.05) is 30.8 Å². The van der Waals surface area contributed by atoms with Crippen molar-refractivity contribution in [2.24, 2.45) is 11.7 Å². The maximum Gasteiger partial charge on any atom is 0.260 e. The zero-order valence-corrected chi connectivity index (χ0v) is 19.5. The molecule has 2 aromatic carbocycles. The number of nitrogens with two attached hydrogens (primary N) is 1. The Bertz CT molecular complexity index is 1180. The van der Waals surface area contributed by atoms with Crippen molar-refractivity contribution in [2.45, 2.75) is 32.6 Å². The number of hydrogen-bond acceptors (Lipinski definition) is 6. The van der Waals surface area contributed by atoms with Gasteiger partial charge in [-0.1, -0.05) is 29.5 Å². The van der Waals surface area contributed by atoms with Crippen LogP contribution in [0.2, 0.25) is 0 Å². The lowest BCUT2D eigenvalue weighted by molar-refractivity contribution is 0.0982. The third kappa shape index (κ3) is 4.61. The summed E-state index contributed by atoms with van der Waals surface area (Å²) < 4.78 is 0. The van der Waals surface area contributed by atoms with Gasteiger partial charge in [-0.05, 0) is 79.5 Å². The standard InChI is InChI=1S/C25H27N5O2S/c1-16-4-7-20(14-21(16)18-8-10-19(11-9-18)22(26)31)23(32)30(15-17-5-6-17)25-28-27-24(33-25)29-12-2-3-13-29/h4,7-11,14,17H,2-3,5-6,12-13,15H2,1H3,(H2,26,31). The number of benzene rings is 2. The van der Waals surface area contributed by atoms with E-state index in [1.54, 1.807) is 17.0 Å². The van der Waals surface area contributed by atoms with Crippen LogP contribution >= 0.6 is 11.3 Å². The number of anilines is 2. The van der Waals surface area contributed by atoms with Crippen molar-refractivity contribution in [3.8, 4) is 11.1 Å². The molecule has 170 valence electrons. The van der Waals surface area contributed by atoms with Gasteiger partial charge in [-0.15, -0.1) is 10.2 Å². The normalized spacial score (nSPS) is 15.6. The topological polar surface area (TPSA) is 92.4 Å². The predicted octanol–water partition coefficient (Wildman–Crippen LogP) is 4.27. The first-order valence-corrected chi connectivity index (χ1v) is 12.2. The Labute approximate surface area is 197 Å². The molecule has 0 bridgehead atoms. The van der Waals surface area contributed by atoms with Crippen LogP contribution in [0.1, 0.15) is 52.0 Å². The van der Waals surface area contributed by atoms with Gasteiger partial charge in [-0.25, -0.2) is 0 Å². The monoisotopic (exact) mass is 461 g/mol. The molecule has 0 spiro atoms. The Morgan fingerprint density at radius 1 is 1.06 bits per heavy atom. The van der Waals surface area contributed by atoms with Crippen molar-refractivity contribution in [1.82, 2.24) is 10.2 Å². The number of carbonyl (C=O) groups is 2. The van der Waals surface area contributed by atoms with Crippen LogP contribution in [0.3, 0.4) is 0 Å². The van der Waals surface area contributed by atoms with E-state index in [1.165, 1.54) is 24.2 Å². The molecule has 5 rings (SSSR count). The molecule has 8 heteroatoms. The molecule has 1 saturated heterocycles. The fourth-order valence-electron chi connectivity index (χ4n) is 4.20. The Morgan fingerprint density at radius 3 is 2.42 bits per heavy atom. The van der Waals surface area contributed by atoms with Gasteiger partial charge < -0.3 is 10.6 Å². The second kappa shape index (κ2) is 8.94. The Balaban J connectivity index is 1.44. The Kier molecular flexibility index (Phi) is 5.85. The Morgan fingerprint density at radius 2 is 1.76 bits per heavy atom. The number of primary amides is 1. The molecule has 2 N–H and O–H groups in total. The van der Waals surface area contributed by atoms with Gasteiger partial charge in [0.1, 0.15) is 0 Å². The van der Waals surface area contributed by atoms with Crippen LogP contribution in [0.25, 0.3) is 11.1 Å². The molecule has 2 amide bonds. The summed E-state index contributed by atoms with van der Waals surface area (Å²) in [4.78, 5) is 29.1. The lowest BCUT2D eigenvalue weighted by Gasteiger charge is -2.20. The number of rotatable bonds is 7. The van der Waals surface area contributed by atoms with Crippen molar-refractivity contribution < 1.29 is 9.59 Å². The van der Waals surface area contributed by atoms with Crippen LogP contribution in [-0.4, -0.2) is 41.6 Å². The lowest BCUT2D eigenvalue weighted by atomic mass is 9.96. The van der Waals surface area contributed by atoms with Gasteiger partial charge in [-0.3, -0.25) is 14.5 Å². The second-order valence-corrected chi connectivity index (χ2v) is 9.83. The average molecular weight is 462 g/mol. The van der Waals surface area contributed by atoms with Gasteiger partial charge in [0.2, 0.25) is 16.2 Å². The van der Waals surface area contributed by atoms with Crippen molar-refractivity contribution >= 4 is 33.4 Å². The molecule has 2 aliphatic rings. The summed E-state index contributed by atoms with van der Waals surface area (Å²) in [5.41, 5.74) is 9.40. The summed E-state index contributed by atoms with van der Waals surface area (Å²) in [6, 6.07) is 12.9. The van der Waals surface area contributed by atoms with Gasteiger partial charge in [-0.2, -0.15) is 0 Å². The molecular weight excluding hydrogens is 434 g/mol. The minimum absolute atomic E-state index is 0.0546. The summed E-state index contributed by atoms with van der Waals surface area (Å²) in [5, 5.41) is 10.4. The first-order chi connectivity index (χ1) is 16.0. The highest BCUT2D eigenvalue weighted by Crippen LogP contribution is 2.36. The van der Waals surface area contributed by atoms with E-state index in [9.17, 15) is 9.59 Å². The van der Waals surface area contributed by atoms with E-state index in [0.717, 1.165) is 47.8 Å². The highest BCUT2D eigenvalue weighted by Gasteiger charge is 2.31. The number of aromatic nitrogens is 2. The van der Waals surface area contributed by atoms with E-state index < -0.39 is 5.91 Å². The zero-order chi connectivity index (χ0) is 22.9. The molecule has 0 unspecified atom stereocenters. The fourth-order valence-corrected chi connectivity index (χ4v) is 5.10. The van der Waals surface area contributed by atoms with Crippen molar-refractivity contribution in [3.05, 3.63) is 59.2 Å². The largest absolute Gasteiger partial charge is 0.366 e. The Hall–Kier alpha value is -3.26. The van der Waals surface area contributed by atoms with Crippen molar-refractivity contribution in [3.63, 3.8) is 0 Å². The zero-order valence-electron chi connectivity index (χ0n) is 18.7. The van der Waals surface area contributed by atoms with Gasteiger partial charge in [0.05, 0.1) is 0 Å². The van der Waals surface area contributed by atoms with E-state index >= 15 is 0 Å². The van der Waals surface area contributed by atoms with Crippen molar-refractivity contribution in [1.29, 1.82) is 0 Å². The maximum absolute atomic E-state index is 13.7. The van der Waals surface area contributed by atoms with Crippen molar-refractivity contribution in [2.75, 3.05) is 29.4 Å². The number of aryl methyl sites for hydroxylation is 1. The van der Waals surface area contributed by atoms with E-state index in [-0.39, 0.29) is 5.91 Å². The van der Waals surface area contributed by atoms with E-state index in [0.29, 0.717) is 28.7 Å². The third-order valence-electron chi connectivity index (χ3n) is 6.36. The van der Waals surface area contributed by atoms with Gasteiger partial charge >= 0.3 is 0 Å². The molecule has 0 radical (unpaired) electrons. The van der Waals surface area contributed by atoms with Gasteiger partial charge in [0.25, 0.3) is 5.91 Å². The predicted molar refractivity (Wildman–Crippen MR) is 131 cm³/mol. The number of nitrogens with zero attached hydrogens (tertiary/aromatic N) is 4. The van der Waals surface area contributed by atoms with E-state index in [2.05, 4.69) is 15.1 Å². The van der Waals surface area contributed by atoms with Crippen LogP contribution in [-0.2, 0) is 0 Å². The number of hydrogen-bond donors (Lipinski definition) is 1. The van der Waals surface area contributed by atoms with Crippen LogP contribution in [0.15, 0.2) is 42.5 Å². The van der Waals surface area contributed by atoms with E-state index in [1.807, 2.05) is 37.3 Å². The molecule has 33 heavy (non-hydrogen) atoms. The third-order valence-corrected chi connectivity index (χ3v) is 7.37. The summed E-state index contributed by atoms with van der Waals surface area (Å²) >= 11 is 1.50. The summed E-state index contributed by atoms with van der Waals surface area (Å²) in [5.74, 6) is 0.0173. The SMILES string of the molecule is Cc1ccc(C(=O)N(CC2CC2)c2nnc(N3CCCC3)s2)cc1-c1ccc(C(N)=O)cc1. The molecule has 2 heterocycles. The summed E-state index contributed by atoms with van der Waals surface area (Å²) in [6.45, 7) is 4.69. The van der Waals surface area contributed by atoms with Gasteiger partial charge in [0.15, 0.2) is 0 Å². The molecule has 2 fully saturated rings. The molecule has 7 nitrogen and oxygen atoms in total. The fraction of sp³-hybridized carbons (Fsp3) is 0.360. The first-order valence-electron chi connectivity index (χ1n) is 11.4. The van der Waals surface area contributed by atoms with Crippen LogP contribution in [0, 0.1) is 12.8 Å². The highest BCUT2D eigenvalue weighted by molar-refractivity contribution is 7.19. The lowest BCUT2D eigenvalue weighted by Crippen LogP contribution is -2.33.